The van der Waals surface area contributed by atoms with Gasteiger partial charge in [-0.3, -0.25) is 5.43 Å². The molecule has 1 aliphatic heterocycles. The highest BCUT2D eigenvalue weighted by Gasteiger charge is 2.14. The summed E-state index contributed by atoms with van der Waals surface area (Å²) in [6, 6.07) is 12.2. The molecule has 1 saturated heterocycles. The Bertz CT molecular complexity index is 1030. The molecule has 1 N–H and O–H groups in total. The number of anilines is 2. The van der Waals surface area contributed by atoms with E-state index in [0.29, 0.717) is 18.3 Å². The van der Waals surface area contributed by atoms with Crippen LogP contribution in [0, 0.1) is 13.8 Å². The lowest BCUT2D eigenvalue weighted by Gasteiger charge is -2.29. The van der Waals surface area contributed by atoms with Gasteiger partial charge < -0.3 is 14.4 Å². The highest BCUT2D eigenvalue weighted by molar-refractivity contribution is 7.11. The topological polar surface area (TPSA) is 71.9 Å². The number of pyridine rings is 1. The summed E-state index contributed by atoms with van der Waals surface area (Å²) in [5.74, 6) is 1.23. The lowest BCUT2D eigenvalue weighted by molar-refractivity contribution is 0.122. The smallest absolute Gasteiger partial charge is 0.217 e. The van der Waals surface area contributed by atoms with Crippen molar-refractivity contribution in [1.82, 2.24) is 9.97 Å². The third-order valence-electron chi connectivity index (χ3n) is 4.87. The number of nitrogens with zero attached hydrogens (tertiary/aromatic N) is 4. The van der Waals surface area contributed by atoms with Crippen molar-refractivity contribution in [3.63, 3.8) is 0 Å². The van der Waals surface area contributed by atoms with Gasteiger partial charge in [0.1, 0.15) is 0 Å². The molecule has 3 aromatic rings. The standard InChI is InChI=1S/C23H27N5O2S/c1-17-4-3-5-19(12-17)15-25-27-22-13-20(28-7-10-29-11-8-28)14-23(26-22)30-9-6-21-16-24-18(2)31-21/h3-5,12-16H,6-11H2,1-2H3,(H,26,27)/b25-15+. The Morgan fingerprint density at radius 1 is 1.23 bits per heavy atom. The van der Waals surface area contributed by atoms with Crippen molar-refractivity contribution in [3.8, 4) is 5.88 Å². The van der Waals surface area contributed by atoms with Crippen LogP contribution in [0.4, 0.5) is 11.5 Å². The molecule has 31 heavy (non-hydrogen) atoms. The molecule has 0 unspecified atom stereocenters. The van der Waals surface area contributed by atoms with Crippen LogP contribution >= 0.6 is 11.3 Å². The molecular weight excluding hydrogens is 410 g/mol. The van der Waals surface area contributed by atoms with Crippen LogP contribution in [0.3, 0.4) is 0 Å². The van der Waals surface area contributed by atoms with E-state index >= 15 is 0 Å². The average Bonchev–Trinajstić information content (AvgIpc) is 3.19. The summed E-state index contributed by atoms with van der Waals surface area (Å²) >= 11 is 1.70. The van der Waals surface area contributed by atoms with Crippen molar-refractivity contribution >= 4 is 29.1 Å². The van der Waals surface area contributed by atoms with Crippen molar-refractivity contribution < 1.29 is 9.47 Å². The summed E-state index contributed by atoms with van der Waals surface area (Å²) in [6.07, 6.45) is 4.51. The molecular formula is C23H27N5O2S. The van der Waals surface area contributed by atoms with E-state index in [1.165, 1.54) is 10.4 Å². The van der Waals surface area contributed by atoms with E-state index in [1.807, 2.05) is 37.4 Å². The summed E-state index contributed by atoms with van der Waals surface area (Å²) in [7, 11) is 0. The maximum Gasteiger partial charge on any atom is 0.217 e. The number of nitrogens with one attached hydrogen (secondary N) is 1. The fourth-order valence-electron chi connectivity index (χ4n) is 3.33. The SMILES string of the molecule is Cc1cccc(/C=N/Nc2cc(N3CCOCC3)cc(OCCc3cnc(C)s3)n2)c1. The predicted octanol–water partition coefficient (Wildman–Crippen LogP) is 4.06. The van der Waals surface area contributed by atoms with Gasteiger partial charge in [0.25, 0.3) is 0 Å². The molecule has 1 fully saturated rings. The fourth-order valence-corrected chi connectivity index (χ4v) is 4.10. The van der Waals surface area contributed by atoms with Gasteiger partial charge in [-0.05, 0) is 19.4 Å². The van der Waals surface area contributed by atoms with Gasteiger partial charge in [-0.1, -0.05) is 29.8 Å². The Labute approximate surface area is 186 Å². The number of thiazole rings is 1. The summed E-state index contributed by atoms with van der Waals surface area (Å²) in [5, 5.41) is 5.44. The van der Waals surface area contributed by atoms with Crippen LogP contribution in [-0.4, -0.2) is 49.1 Å². The number of aryl methyl sites for hydroxylation is 2. The number of morpholine rings is 1. The average molecular weight is 438 g/mol. The summed E-state index contributed by atoms with van der Waals surface area (Å²) < 4.78 is 11.5. The minimum absolute atomic E-state index is 0.549. The minimum atomic E-state index is 0.549. The monoisotopic (exact) mass is 437 g/mol. The molecule has 1 aliphatic rings. The molecule has 0 atom stereocenters. The number of rotatable bonds is 8. The molecule has 162 valence electrons. The van der Waals surface area contributed by atoms with Crippen LogP contribution in [0.5, 0.6) is 5.88 Å². The third kappa shape index (κ3) is 6.26. The summed E-state index contributed by atoms with van der Waals surface area (Å²) in [5.41, 5.74) is 6.34. The van der Waals surface area contributed by atoms with Crippen LogP contribution in [0.1, 0.15) is 21.0 Å². The quantitative estimate of drug-likeness (QED) is 0.423. The zero-order chi connectivity index (χ0) is 21.5. The zero-order valence-corrected chi connectivity index (χ0v) is 18.7. The molecule has 8 heteroatoms. The lowest BCUT2D eigenvalue weighted by Crippen LogP contribution is -2.36. The molecule has 1 aromatic carbocycles. The van der Waals surface area contributed by atoms with Gasteiger partial charge in [0, 0.05) is 48.4 Å². The van der Waals surface area contributed by atoms with E-state index in [4.69, 9.17) is 9.47 Å². The van der Waals surface area contributed by atoms with E-state index in [2.05, 4.69) is 44.5 Å². The van der Waals surface area contributed by atoms with Crippen LogP contribution in [0.2, 0.25) is 0 Å². The molecule has 0 amide bonds. The molecule has 2 aromatic heterocycles. The largest absolute Gasteiger partial charge is 0.477 e. The van der Waals surface area contributed by atoms with Crippen molar-refractivity contribution in [3.05, 3.63) is 63.6 Å². The van der Waals surface area contributed by atoms with Crippen LogP contribution < -0.4 is 15.1 Å². The van der Waals surface area contributed by atoms with E-state index in [9.17, 15) is 0 Å². The van der Waals surface area contributed by atoms with E-state index in [1.54, 1.807) is 17.6 Å². The van der Waals surface area contributed by atoms with Crippen LogP contribution in [0.15, 0.2) is 47.7 Å². The second-order valence-electron chi connectivity index (χ2n) is 7.38. The fraction of sp³-hybridized carbons (Fsp3) is 0.348. The van der Waals surface area contributed by atoms with Gasteiger partial charge in [-0.15, -0.1) is 11.3 Å². The Hall–Kier alpha value is -2.97. The molecule has 0 bridgehead atoms. The number of ether oxygens (including phenoxy) is 2. The summed E-state index contributed by atoms with van der Waals surface area (Å²) in [6.45, 7) is 7.75. The Morgan fingerprint density at radius 3 is 2.87 bits per heavy atom. The maximum absolute atomic E-state index is 5.99. The van der Waals surface area contributed by atoms with Crippen molar-refractivity contribution in [1.29, 1.82) is 0 Å². The minimum Gasteiger partial charge on any atom is -0.477 e. The van der Waals surface area contributed by atoms with Crippen molar-refractivity contribution in [2.75, 3.05) is 43.2 Å². The van der Waals surface area contributed by atoms with Crippen LogP contribution in [0.25, 0.3) is 0 Å². The normalized spacial score (nSPS) is 14.2. The second-order valence-corrected chi connectivity index (χ2v) is 8.70. The molecule has 0 radical (unpaired) electrons. The van der Waals surface area contributed by atoms with E-state index in [-0.39, 0.29) is 0 Å². The highest BCUT2D eigenvalue weighted by atomic mass is 32.1. The first kappa shape index (κ1) is 21.3. The molecule has 3 heterocycles. The second kappa shape index (κ2) is 10.4. The summed E-state index contributed by atoms with van der Waals surface area (Å²) in [4.78, 5) is 12.4. The number of benzene rings is 1. The molecule has 0 spiro atoms. The first-order chi connectivity index (χ1) is 15.2. The van der Waals surface area contributed by atoms with Gasteiger partial charge >= 0.3 is 0 Å². The van der Waals surface area contributed by atoms with Gasteiger partial charge in [0.05, 0.1) is 31.0 Å². The number of hydrogen-bond donors (Lipinski definition) is 1. The first-order valence-electron chi connectivity index (χ1n) is 10.4. The van der Waals surface area contributed by atoms with Crippen LogP contribution in [-0.2, 0) is 11.2 Å². The first-order valence-corrected chi connectivity index (χ1v) is 11.2. The Morgan fingerprint density at radius 2 is 2.10 bits per heavy atom. The number of hydrogen-bond acceptors (Lipinski definition) is 8. The zero-order valence-electron chi connectivity index (χ0n) is 17.9. The van der Waals surface area contributed by atoms with Crippen molar-refractivity contribution in [2.45, 2.75) is 20.3 Å². The Balaban J connectivity index is 1.46. The number of hydrazone groups is 1. The highest BCUT2D eigenvalue weighted by Crippen LogP contribution is 2.25. The van der Waals surface area contributed by atoms with Gasteiger partial charge in [-0.25, -0.2) is 4.98 Å². The molecule has 0 saturated carbocycles. The van der Waals surface area contributed by atoms with Crippen molar-refractivity contribution in [2.24, 2.45) is 5.10 Å². The predicted molar refractivity (Wildman–Crippen MR) is 126 cm³/mol. The third-order valence-corrected chi connectivity index (χ3v) is 5.84. The van der Waals surface area contributed by atoms with Gasteiger partial charge in [-0.2, -0.15) is 10.1 Å². The van der Waals surface area contributed by atoms with Gasteiger partial charge in [0.2, 0.25) is 5.88 Å². The van der Waals surface area contributed by atoms with Gasteiger partial charge in [0.15, 0.2) is 5.82 Å². The van der Waals surface area contributed by atoms with E-state index in [0.717, 1.165) is 49.0 Å². The molecule has 0 aliphatic carbocycles. The molecule has 4 rings (SSSR count). The van der Waals surface area contributed by atoms with E-state index < -0.39 is 0 Å². The Kier molecular flexibility index (Phi) is 7.11. The number of aromatic nitrogens is 2. The molecule has 7 nitrogen and oxygen atoms in total. The lowest BCUT2D eigenvalue weighted by atomic mass is 10.2. The maximum atomic E-state index is 5.99.